The third-order valence-corrected chi connectivity index (χ3v) is 1.40. The molecular weight excluding hydrogens is 200 g/mol. The van der Waals surface area contributed by atoms with E-state index in [9.17, 15) is 9.59 Å². The van der Waals surface area contributed by atoms with Gasteiger partial charge in [0.1, 0.15) is 11.6 Å². The number of aliphatic hydroxyl groups is 3. The van der Waals surface area contributed by atoms with Crippen molar-refractivity contribution in [2.45, 2.75) is 39.2 Å². The third-order valence-electron chi connectivity index (χ3n) is 1.40. The van der Waals surface area contributed by atoms with Gasteiger partial charge in [0.15, 0.2) is 0 Å². The molecular formula is C10H20O5. The van der Waals surface area contributed by atoms with E-state index in [-0.39, 0.29) is 31.2 Å². The Bertz CT molecular complexity index is 167. The Morgan fingerprint density at radius 3 is 1.80 bits per heavy atom. The Balaban J connectivity index is 0. The van der Waals surface area contributed by atoms with Gasteiger partial charge in [-0.2, -0.15) is 0 Å². The molecule has 5 nitrogen and oxygen atoms in total. The van der Waals surface area contributed by atoms with Crippen molar-refractivity contribution in [3.05, 3.63) is 0 Å². The summed E-state index contributed by atoms with van der Waals surface area (Å²) >= 11 is 0. The Hall–Kier alpha value is -0.780. The van der Waals surface area contributed by atoms with Gasteiger partial charge >= 0.3 is 0 Å². The average molecular weight is 220 g/mol. The Morgan fingerprint density at radius 2 is 1.60 bits per heavy atom. The van der Waals surface area contributed by atoms with Gasteiger partial charge in [0.05, 0.1) is 19.1 Å². The molecule has 0 aromatic rings. The van der Waals surface area contributed by atoms with E-state index in [1.807, 2.05) is 0 Å². The van der Waals surface area contributed by atoms with E-state index in [0.29, 0.717) is 12.8 Å². The molecule has 1 unspecified atom stereocenters. The number of carbonyl (C=O) groups excluding carboxylic acids is 2. The van der Waals surface area contributed by atoms with Gasteiger partial charge in [0.2, 0.25) is 0 Å². The largest absolute Gasteiger partial charge is 0.396 e. The van der Waals surface area contributed by atoms with Crippen LogP contribution < -0.4 is 0 Å². The second-order valence-corrected chi connectivity index (χ2v) is 3.28. The van der Waals surface area contributed by atoms with Gasteiger partial charge in [-0.25, -0.2) is 0 Å². The summed E-state index contributed by atoms with van der Waals surface area (Å²) in [6, 6.07) is 0. The standard InChI is InChI=1S/C5H12O3.C5H8O2/c6-3-1-2-5(8)4-7;1-4(6)3-5(2)7/h5-8H,1-4H2;3H2,1-2H3. The highest BCUT2D eigenvalue weighted by Gasteiger charge is 1.98. The predicted molar refractivity (Wildman–Crippen MR) is 55.4 cm³/mol. The minimum atomic E-state index is -0.651. The van der Waals surface area contributed by atoms with Crippen LogP contribution in [0.1, 0.15) is 33.1 Å². The number of hydrogen-bond acceptors (Lipinski definition) is 5. The lowest BCUT2D eigenvalue weighted by Crippen LogP contribution is -2.11. The van der Waals surface area contributed by atoms with Crippen LogP contribution >= 0.6 is 0 Å². The molecule has 0 aliphatic carbocycles. The second-order valence-electron chi connectivity index (χ2n) is 3.28. The van der Waals surface area contributed by atoms with E-state index in [0.717, 1.165) is 0 Å². The molecule has 15 heavy (non-hydrogen) atoms. The minimum absolute atomic E-state index is 0.0625. The Labute approximate surface area is 89.7 Å². The molecule has 0 rings (SSSR count). The van der Waals surface area contributed by atoms with Crippen LogP contribution in [0.2, 0.25) is 0 Å². The van der Waals surface area contributed by atoms with E-state index in [2.05, 4.69) is 0 Å². The average Bonchev–Trinajstić information content (AvgIpc) is 2.12. The summed E-state index contributed by atoms with van der Waals surface area (Å²) in [6.45, 7) is 2.68. The highest BCUT2D eigenvalue weighted by atomic mass is 16.3. The number of Topliss-reactive ketones (excluding diaryl/α,β-unsaturated/α-hetero) is 2. The highest BCUT2D eigenvalue weighted by Crippen LogP contribution is 1.93. The molecule has 5 heteroatoms. The zero-order valence-electron chi connectivity index (χ0n) is 9.27. The Morgan fingerprint density at radius 1 is 1.13 bits per heavy atom. The summed E-state index contributed by atoms with van der Waals surface area (Å²) in [5.41, 5.74) is 0. The molecule has 0 aromatic heterocycles. The van der Waals surface area contributed by atoms with Crippen molar-refractivity contribution in [3.8, 4) is 0 Å². The van der Waals surface area contributed by atoms with Gasteiger partial charge in [-0.1, -0.05) is 0 Å². The zero-order valence-corrected chi connectivity index (χ0v) is 9.27. The summed E-state index contributed by atoms with van der Waals surface area (Å²) in [5.74, 6) is -0.125. The molecule has 0 radical (unpaired) electrons. The van der Waals surface area contributed by atoms with E-state index < -0.39 is 6.10 Å². The van der Waals surface area contributed by atoms with Crippen molar-refractivity contribution < 1.29 is 24.9 Å². The van der Waals surface area contributed by atoms with Crippen LogP contribution in [0.5, 0.6) is 0 Å². The molecule has 0 aliphatic heterocycles. The van der Waals surface area contributed by atoms with E-state index in [1.165, 1.54) is 13.8 Å². The maximum Gasteiger partial charge on any atom is 0.137 e. The fraction of sp³-hybridized carbons (Fsp3) is 0.800. The molecule has 0 amide bonds. The van der Waals surface area contributed by atoms with Crippen molar-refractivity contribution in [2.75, 3.05) is 13.2 Å². The number of rotatable bonds is 6. The lowest BCUT2D eigenvalue weighted by atomic mass is 10.2. The SMILES string of the molecule is CC(=O)CC(C)=O.OCCCC(O)CO. The maximum atomic E-state index is 10.0. The van der Waals surface area contributed by atoms with Crippen LogP contribution in [0.4, 0.5) is 0 Å². The summed E-state index contributed by atoms with van der Waals surface area (Å²) in [7, 11) is 0. The number of hydrogen-bond donors (Lipinski definition) is 3. The fourth-order valence-corrected chi connectivity index (χ4v) is 0.769. The van der Waals surface area contributed by atoms with Crippen LogP contribution in [-0.4, -0.2) is 46.2 Å². The molecule has 1 atom stereocenters. The van der Waals surface area contributed by atoms with Gasteiger partial charge in [0, 0.05) is 6.61 Å². The summed E-state index contributed by atoms with van der Waals surface area (Å²) < 4.78 is 0. The maximum absolute atomic E-state index is 10.0. The molecule has 3 N–H and O–H groups in total. The third kappa shape index (κ3) is 19.6. The van der Waals surface area contributed by atoms with Gasteiger partial charge in [-0.15, -0.1) is 0 Å². The van der Waals surface area contributed by atoms with Crippen LogP contribution in [0, 0.1) is 0 Å². The van der Waals surface area contributed by atoms with Crippen LogP contribution in [0.15, 0.2) is 0 Å². The molecule has 0 saturated heterocycles. The lowest BCUT2D eigenvalue weighted by molar-refractivity contribution is -0.124. The zero-order chi connectivity index (χ0) is 12.3. The predicted octanol–water partition coefficient (Wildman–Crippen LogP) is -0.333. The monoisotopic (exact) mass is 220 g/mol. The van der Waals surface area contributed by atoms with Crippen molar-refractivity contribution in [2.24, 2.45) is 0 Å². The van der Waals surface area contributed by atoms with Gasteiger partial charge in [-0.3, -0.25) is 9.59 Å². The molecule has 0 saturated carbocycles. The fourth-order valence-electron chi connectivity index (χ4n) is 0.769. The first kappa shape index (κ1) is 16.6. The topological polar surface area (TPSA) is 94.8 Å². The molecule has 0 aromatic carbocycles. The van der Waals surface area contributed by atoms with E-state index >= 15 is 0 Å². The first-order valence-corrected chi connectivity index (χ1v) is 4.82. The van der Waals surface area contributed by atoms with Crippen LogP contribution in [-0.2, 0) is 9.59 Å². The van der Waals surface area contributed by atoms with Crippen molar-refractivity contribution in [1.29, 1.82) is 0 Å². The number of aliphatic hydroxyl groups excluding tert-OH is 3. The Kier molecular flexibility index (Phi) is 12.5. The summed E-state index contributed by atoms with van der Waals surface area (Å²) in [6.07, 6.45) is 0.469. The lowest BCUT2D eigenvalue weighted by Gasteiger charge is -2.02. The van der Waals surface area contributed by atoms with Crippen molar-refractivity contribution in [3.63, 3.8) is 0 Å². The number of carbonyl (C=O) groups is 2. The summed E-state index contributed by atoms with van der Waals surface area (Å²) in [5, 5.41) is 25.1. The normalized spacial score (nSPS) is 11.3. The van der Waals surface area contributed by atoms with Crippen LogP contribution in [0.25, 0.3) is 0 Å². The second kappa shape index (κ2) is 11.3. The van der Waals surface area contributed by atoms with E-state index in [4.69, 9.17) is 15.3 Å². The smallest absolute Gasteiger partial charge is 0.137 e. The first-order chi connectivity index (χ1) is 6.93. The first-order valence-electron chi connectivity index (χ1n) is 4.82. The van der Waals surface area contributed by atoms with Gasteiger partial charge < -0.3 is 15.3 Å². The molecule has 90 valence electrons. The molecule has 0 aliphatic rings. The molecule has 0 spiro atoms. The molecule has 0 fully saturated rings. The van der Waals surface area contributed by atoms with Crippen molar-refractivity contribution >= 4 is 11.6 Å². The van der Waals surface area contributed by atoms with Gasteiger partial charge in [-0.05, 0) is 26.7 Å². The van der Waals surface area contributed by atoms with Gasteiger partial charge in [0.25, 0.3) is 0 Å². The summed E-state index contributed by atoms with van der Waals surface area (Å²) in [4.78, 5) is 20.1. The van der Waals surface area contributed by atoms with E-state index in [1.54, 1.807) is 0 Å². The minimum Gasteiger partial charge on any atom is -0.396 e. The quantitative estimate of drug-likeness (QED) is 0.533. The van der Waals surface area contributed by atoms with Crippen LogP contribution in [0.3, 0.4) is 0 Å². The number of ketones is 2. The molecule has 0 bridgehead atoms. The van der Waals surface area contributed by atoms with Crippen molar-refractivity contribution in [1.82, 2.24) is 0 Å². The molecule has 0 heterocycles. The highest BCUT2D eigenvalue weighted by molar-refractivity contribution is 5.96.